The van der Waals surface area contributed by atoms with Crippen LogP contribution in [0.15, 0.2) is 85.2 Å². The quantitative estimate of drug-likeness (QED) is 0.0346. The van der Waals surface area contributed by atoms with E-state index in [0.29, 0.717) is 96.7 Å². The normalized spacial score (nSPS) is 17.7. The van der Waals surface area contributed by atoms with Crippen molar-refractivity contribution in [2.75, 3.05) is 103 Å². The van der Waals surface area contributed by atoms with Crippen molar-refractivity contribution in [2.45, 2.75) is 88.8 Å². The number of piperidine rings is 2. The van der Waals surface area contributed by atoms with Crippen molar-refractivity contribution in [3.8, 4) is 17.1 Å². The van der Waals surface area contributed by atoms with E-state index in [1.165, 1.54) is 6.07 Å². The second-order valence-corrected chi connectivity index (χ2v) is 21.0. The average molecular weight is 1110 g/mol. The number of nitrogens with zero attached hydrogens (tertiary/aromatic N) is 7. The van der Waals surface area contributed by atoms with Crippen LogP contribution >= 0.6 is 0 Å². The summed E-state index contributed by atoms with van der Waals surface area (Å²) in [6.45, 7) is 8.50. The maximum Gasteiger partial charge on any atom is 0.262 e. The molecule has 0 bridgehead atoms. The molecule has 2 atom stereocenters. The minimum atomic E-state index is -1.14. The number of piperazine rings is 1. The Morgan fingerprint density at radius 2 is 1.44 bits per heavy atom. The van der Waals surface area contributed by atoms with Gasteiger partial charge in [-0.3, -0.25) is 44.0 Å². The van der Waals surface area contributed by atoms with Crippen LogP contribution < -0.4 is 25.6 Å². The maximum atomic E-state index is 15.3. The number of likely N-dealkylation sites (tertiary alicyclic amines) is 1. The van der Waals surface area contributed by atoms with E-state index < -0.39 is 41.0 Å². The van der Waals surface area contributed by atoms with Gasteiger partial charge in [-0.1, -0.05) is 24.6 Å². The van der Waals surface area contributed by atoms with Crippen molar-refractivity contribution in [3.05, 3.63) is 119 Å². The molecule has 9 rings (SSSR count). The van der Waals surface area contributed by atoms with Crippen molar-refractivity contribution in [1.82, 2.24) is 45.5 Å². The molecular formula is C59H72FN11O10. The fraction of sp³-hybridized carbons (Fsp3) is 0.475. The lowest BCUT2D eigenvalue weighted by atomic mass is 9.86. The molecule has 4 N–H and O–H groups in total. The Balaban J connectivity index is 0.583. The number of aromatic amines is 1. The third kappa shape index (κ3) is 14.8. The monoisotopic (exact) mass is 1110 g/mol. The molecule has 5 aromatic rings. The van der Waals surface area contributed by atoms with Crippen LogP contribution in [-0.2, 0) is 34.1 Å². The summed E-state index contributed by atoms with van der Waals surface area (Å²) < 4.78 is 38.5. The number of anilines is 2. The van der Waals surface area contributed by atoms with Crippen molar-refractivity contribution in [2.24, 2.45) is 0 Å². The van der Waals surface area contributed by atoms with Gasteiger partial charge in [0.05, 0.1) is 61.4 Å². The van der Waals surface area contributed by atoms with Gasteiger partial charge < -0.3 is 49.3 Å². The minimum absolute atomic E-state index is 0.00431. The van der Waals surface area contributed by atoms with Gasteiger partial charge in [-0.05, 0) is 119 Å². The Hall–Kier alpha value is -7.66. The predicted molar refractivity (Wildman–Crippen MR) is 298 cm³/mol. The molecule has 0 aliphatic carbocycles. The lowest BCUT2D eigenvalue weighted by Crippen LogP contribution is -2.54. The van der Waals surface area contributed by atoms with Gasteiger partial charge in [-0.25, -0.2) is 4.39 Å². The number of fused-ring (bicyclic) bond motifs is 1. The Kier molecular flexibility index (Phi) is 19.8. The number of nitrogens with one attached hydrogen (secondary N) is 4. The summed E-state index contributed by atoms with van der Waals surface area (Å²) in [5.74, 6) is -1.35. The number of hydrogen-bond donors (Lipinski definition) is 4. The number of aromatic nitrogens is 4. The molecule has 0 radical (unpaired) electrons. The molecule has 6 heterocycles. The molecule has 3 saturated heterocycles. The summed E-state index contributed by atoms with van der Waals surface area (Å²) in [6, 6.07) is 20.2. The molecule has 21 nitrogen and oxygen atoms in total. The SMILES string of the molecule is C[C@@H](NC(=O)c1cccc(NC2(c3nnc(-c4ccncc4)[nH]3)CCN(C)CC2)c1)c1cccc(OCCCCCCOCCOCCOCCCC(=O)N2CCN(c3cc4c(cc3F)C(=O)N(C3CCC(=O)NC3=O)C4=O)CC2)c1. The Morgan fingerprint density at radius 3 is 2.17 bits per heavy atom. The highest BCUT2D eigenvalue weighted by atomic mass is 19.1. The van der Waals surface area contributed by atoms with E-state index in [1.54, 1.807) is 22.2 Å². The molecule has 2 aromatic heterocycles. The standard InChI is InChI=1S/C59H72FN11O10/c1-40(62-54(74)43-11-7-12-44(36-43)65-59(19-23-68(2)24-20-59)58-64-53(66-67-58)41-17-21-61-22-18-41)42-10-8-13-45(37-42)81-31-6-4-3-5-29-78-32-34-80-35-33-79-30-9-14-52(73)70-27-25-69(26-28-70)50-39-47-46(38-48(50)60)56(76)71(57(47)77)49-15-16-51(72)63-55(49)75/h7-8,10-13,17-18,21-22,36-40,49,65H,3-6,9,14-16,19-20,23-35H2,1-2H3,(H,62,74)(H,63,72,75)(H,64,66,67)/t40-,49?/m1/s1. The van der Waals surface area contributed by atoms with Crippen molar-refractivity contribution in [1.29, 1.82) is 0 Å². The first-order valence-electron chi connectivity index (χ1n) is 28.1. The molecule has 0 saturated carbocycles. The lowest BCUT2D eigenvalue weighted by Gasteiger charge is -2.40. The van der Waals surface area contributed by atoms with E-state index in [-0.39, 0.29) is 47.5 Å². The van der Waals surface area contributed by atoms with E-state index in [2.05, 4.69) is 48.1 Å². The predicted octanol–water partition coefficient (Wildman–Crippen LogP) is 6.05. The fourth-order valence-electron chi connectivity index (χ4n) is 10.6. The van der Waals surface area contributed by atoms with Gasteiger partial charge in [-0.2, -0.15) is 0 Å². The largest absolute Gasteiger partial charge is 0.494 e. The number of imide groups is 2. The smallest absolute Gasteiger partial charge is 0.262 e. The zero-order chi connectivity index (χ0) is 56.7. The summed E-state index contributed by atoms with van der Waals surface area (Å²) >= 11 is 0. The van der Waals surface area contributed by atoms with Gasteiger partial charge in [-0.15, -0.1) is 10.2 Å². The molecule has 6 amide bonds. The summed E-state index contributed by atoms with van der Waals surface area (Å²) in [6.07, 6.45) is 9.79. The van der Waals surface area contributed by atoms with Crippen LogP contribution in [0.3, 0.4) is 0 Å². The number of benzene rings is 3. The summed E-state index contributed by atoms with van der Waals surface area (Å²) in [7, 11) is 2.12. The number of hydrogen-bond acceptors (Lipinski definition) is 16. The van der Waals surface area contributed by atoms with Gasteiger partial charge in [0, 0.05) is 94.5 Å². The van der Waals surface area contributed by atoms with Crippen LogP contribution in [0.1, 0.15) is 120 Å². The van der Waals surface area contributed by atoms with Gasteiger partial charge in [0.1, 0.15) is 17.6 Å². The van der Waals surface area contributed by atoms with Crippen LogP contribution in [0.5, 0.6) is 5.75 Å². The van der Waals surface area contributed by atoms with Crippen LogP contribution in [0.4, 0.5) is 15.8 Å². The number of carbonyl (C=O) groups excluding carboxylic acids is 6. The molecule has 4 aliphatic rings. The molecule has 3 aromatic carbocycles. The number of halogens is 1. The number of pyridine rings is 1. The minimum Gasteiger partial charge on any atom is -0.494 e. The Morgan fingerprint density at radius 1 is 0.765 bits per heavy atom. The van der Waals surface area contributed by atoms with Crippen LogP contribution in [0.2, 0.25) is 0 Å². The lowest BCUT2D eigenvalue weighted by molar-refractivity contribution is -0.136. The van der Waals surface area contributed by atoms with Gasteiger partial charge in [0.15, 0.2) is 11.6 Å². The highest BCUT2D eigenvalue weighted by Crippen LogP contribution is 2.37. The van der Waals surface area contributed by atoms with E-state index in [0.717, 1.165) is 91.0 Å². The average Bonchev–Trinajstić information content (AvgIpc) is 4.08. The molecular weight excluding hydrogens is 1040 g/mol. The van der Waals surface area contributed by atoms with E-state index in [4.69, 9.17) is 18.9 Å². The number of rotatable bonds is 27. The van der Waals surface area contributed by atoms with Gasteiger partial charge >= 0.3 is 0 Å². The highest BCUT2D eigenvalue weighted by molar-refractivity contribution is 6.23. The zero-order valence-electron chi connectivity index (χ0n) is 46.1. The molecule has 4 aliphatic heterocycles. The van der Waals surface area contributed by atoms with Gasteiger partial charge in [0.2, 0.25) is 17.7 Å². The summed E-state index contributed by atoms with van der Waals surface area (Å²) in [4.78, 5) is 91.1. The number of unbranched alkanes of at least 4 members (excludes halogenated alkanes) is 3. The number of carbonyl (C=O) groups is 6. The fourth-order valence-corrected chi connectivity index (χ4v) is 10.6. The third-order valence-corrected chi connectivity index (χ3v) is 15.3. The number of ether oxygens (including phenoxy) is 4. The Labute approximate surface area is 470 Å². The molecule has 22 heteroatoms. The second-order valence-electron chi connectivity index (χ2n) is 21.0. The van der Waals surface area contributed by atoms with Crippen molar-refractivity contribution in [3.63, 3.8) is 0 Å². The highest BCUT2D eigenvalue weighted by Gasteiger charge is 2.46. The topological polar surface area (TPSA) is 243 Å². The van der Waals surface area contributed by atoms with E-state index >= 15 is 4.39 Å². The van der Waals surface area contributed by atoms with E-state index in [1.807, 2.05) is 67.6 Å². The molecule has 3 fully saturated rings. The zero-order valence-corrected chi connectivity index (χ0v) is 46.1. The molecule has 1 unspecified atom stereocenters. The number of amides is 6. The first-order chi connectivity index (χ1) is 39.4. The third-order valence-electron chi connectivity index (χ3n) is 15.3. The molecule has 430 valence electrons. The Bertz CT molecular complexity index is 3000. The first kappa shape index (κ1) is 58.0. The summed E-state index contributed by atoms with van der Waals surface area (Å²) in [5, 5.41) is 18.1. The second kappa shape index (κ2) is 27.7. The molecule has 0 spiro atoms. The summed E-state index contributed by atoms with van der Waals surface area (Å²) in [5.41, 5.74) is 2.78. The maximum absolute atomic E-state index is 15.3. The van der Waals surface area contributed by atoms with Gasteiger partial charge in [0.25, 0.3) is 17.7 Å². The first-order valence-corrected chi connectivity index (χ1v) is 28.1. The van der Waals surface area contributed by atoms with Crippen LogP contribution in [-0.4, -0.2) is 169 Å². The van der Waals surface area contributed by atoms with Crippen molar-refractivity contribution < 1.29 is 52.1 Å². The molecule has 81 heavy (non-hydrogen) atoms. The van der Waals surface area contributed by atoms with Crippen LogP contribution in [0.25, 0.3) is 11.4 Å². The number of H-pyrrole nitrogens is 1. The van der Waals surface area contributed by atoms with Crippen molar-refractivity contribution >= 4 is 46.8 Å². The van der Waals surface area contributed by atoms with Crippen LogP contribution in [0, 0.1) is 5.82 Å². The van der Waals surface area contributed by atoms with E-state index in [9.17, 15) is 28.8 Å².